The minimum atomic E-state index is -2.88. The molecule has 0 bridgehead atoms. The number of nitrogens with zero attached hydrogens (tertiary/aromatic N) is 2. The van der Waals surface area contributed by atoms with Gasteiger partial charge in [0.2, 0.25) is 5.91 Å². The van der Waals surface area contributed by atoms with Crippen molar-refractivity contribution in [2.45, 2.75) is 27.0 Å². The molecule has 0 saturated heterocycles. The lowest BCUT2D eigenvalue weighted by Gasteiger charge is -2.17. The van der Waals surface area contributed by atoms with Gasteiger partial charge in [-0.3, -0.25) is 19.8 Å². The largest absolute Gasteiger partial charge is 0.435 e. The molecule has 0 unspecified atom stereocenters. The number of hydrogen-bond acceptors (Lipinski definition) is 5. The number of hydrogen-bond donors (Lipinski definition) is 1. The van der Waals surface area contributed by atoms with Crippen LogP contribution in [-0.4, -0.2) is 35.9 Å². The van der Waals surface area contributed by atoms with Crippen LogP contribution in [0.2, 0.25) is 0 Å². The Morgan fingerprint density at radius 3 is 2.39 bits per heavy atom. The van der Waals surface area contributed by atoms with E-state index in [1.807, 2.05) is 6.92 Å². The number of nitro groups is 1. The summed E-state index contributed by atoms with van der Waals surface area (Å²) < 4.78 is 28.6. The summed E-state index contributed by atoms with van der Waals surface area (Å²) in [4.78, 5) is 24.7. The van der Waals surface area contributed by atoms with E-state index < -0.39 is 17.4 Å². The van der Waals surface area contributed by atoms with Gasteiger partial charge in [0.15, 0.2) is 0 Å². The van der Waals surface area contributed by atoms with E-state index >= 15 is 0 Å². The Hall–Kier alpha value is -3.07. The smallest absolute Gasteiger partial charge is 0.387 e. The molecular weight excluding hydrogens is 372 g/mol. The Labute approximate surface area is 161 Å². The number of anilines is 1. The Morgan fingerprint density at radius 2 is 1.82 bits per heavy atom. The quantitative estimate of drug-likeness (QED) is 0.543. The first-order chi connectivity index (χ1) is 13.2. The normalized spacial score (nSPS) is 11.0. The van der Waals surface area contributed by atoms with E-state index in [0.29, 0.717) is 6.54 Å². The van der Waals surface area contributed by atoms with Crippen molar-refractivity contribution in [1.29, 1.82) is 0 Å². The van der Waals surface area contributed by atoms with Crippen LogP contribution in [0.15, 0.2) is 36.4 Å². The maximum absolute atomic E-state index is 12.3. The van der Waals surface area contributed by atoms with Crippen molar-refractivity contribution in [2.24, 2.45) is 0 Å². The number of benzene rings is 2. The average Bonchev–Trinajstić information content (AvgIpc) is 2.58. The molecule has 28 heavy (non-hydrogen) atoms. The molecule has 1 amide bonds. The summed E-state index contributed by atoms with van der Waals surface area (Å²) in [6.07, 6.45) is 0. The van der Waals surface area contributed by atoms with Crippen LogP contribution < -0.4 is 10.1 Å². The number of nitro benzene ring substituents is 1. The van der Waals surface area contributed by atoms with Crippen LogP contribution in [0.3, 0.4) is 0 Å². The van der Waals surface area contributed by atoms with E-state index in [0.717, 1.165) is 16.7 Å². The molecule has 0 heterocycles. The van der Waals surface area contributed by atoms with Gasteiger partial charge in [-0.05, 0) is 55.8 Å². The van der Waals surface area contributed by atoms with Gasteiger partial charge in [-0.25, -0.2) is 0 Å². The van der Waals surface area contributed by atoms with Crippen LogP contribution >= 0.6 is 0 Å². The topological polar surface area (TPSA) is 84.7 Å². The van der Waals surface area contributed by atoms with Gasteiger partial charge >= 0.3 is 6.61 Å². The molecule has 150 valence electrons. The second-order valence-corrected chi connectivity index (χ2v) is 6.45. The third-order valence-electron chi connectivity index (χ3n) is 4.10. The fourth-order valence-corrected chi connectivity index (χ4v) is 2.63. The average molecular weight is 393 g/mol. The predicted molar refractivity (Wildman–Crippen MR) is 101 cm³/mol. The Kier molecular flexibility index (Phi) is 7.00. The molecule has 7 nitrogen and oxygen atoms in total. The summed E-state index contributed by atoms with van der Waals surface area (Å²) in [6.45, 7) is 1.07. The molecule has 2 aromatic carbocycles. The van der Waals surface area contributed by atoms with E-state index in [-0.39, 0.29) is 23.7 Å². The van der Waals surface area contributed by atoms with Gasteiger partial charge in [-0.1, -0.05) is 12.1 Å². The summed E-state index contributed by atoms with van der Waals surface area (Å²) in [5, 5.41) is 13.8. The van der Waals surface area contributed by atoms with Gasteiger partial charge in [0.05, 0.1) is 11.5 Å². The first-order valence-electron chi connectivity index (χ1n) is 8.43. The maximum Gasteiger partial charge on any atom is 0.387 e. The molecule has 0 aliphatic rings. The number of ether oxygens (including phenoxy) is 1. The molecule has 0 fully saturated rings. The Bertz CT molecular complexity index is 857. The van der Waals surface area contributed by atoms with Crippen LogP contribution in [0.4, 0.5) is 20.2 Å². The first kappa shape index (κ1) is 21.2. The fourth-order valence-electron chi connectivity index (χ4n) is 2.63. The highest BCUT2D eigenvalue weighted by Gasteiger charge is 2.18. The summed E-state index contributed by atoms with van der Waals surface area (Å²) >= 11 is 0. The second-order valence-electron chi connectivity index (χ2n) is 6.45. The molecule has 1 N–H and O–H groups in total. The van der Waals surface area contributed by atoms with Crippen molar-refractivity contribution in [3.05, 3.63) is 63.2 Å². The van der Waals surface area contributed by atoms with E-state index in [2.05, 4.69) is 10.1 Å². The number of alkyl halides is 2. The zero-order chi connectivity index (χ0) is 20.8. The van der Waals surface area contributed by atoms with E-state index in [9.17, 15) is 23.7 Å². The number of likely N-dealkylation sites (N-methyl/N-ethyl adjacent to an activating group) is 1. The summed E-state index contributed by atoms with van der Waals surface area (Å²) in [5.74, 6) is -0.340. The zero-order valence-corrected chi connectivity index (χ0v) is 15.7. The van der Waals surface area contributed by atoms with Crippen LogP contribution in [-0.2, 0) is 11.3 Å². The van der Waals surface area contributed by atoms with Crippen LogP contribution in [0.5, 0.6) is 5.75 Å². The highest BCUT2D eigenvalue weighted by atomic mass is 19.3. The standard InChI is InChI=1S/C19H21F2N3O4/c1-12-8-16(17(24(26)27)9-13(12)2)22-18(25)11-23(3)10-14-4-6-15(7-5-14)28-19(20)21/h4-9,19H,10-11H2,1-3H3,(H,22,25). The molecule has 0 aliphatic heterocycles. The van der Waals surface area contributed by atoms with Gasteiger partial charge < -0.3 is 10.1 Å². The van der Waals surface area contributed by atoms with Crippen molar-refractivity contribution in [3.63, 3.8) is 0 Å². The lowest BCUT2D eigenvalue weighted by Crippen LogP contribution is -2.30. The molecule has 0 radical (unpaired) electrons. The summed E-state index contributed by atoms with van der Waals surface area (Å²) in [7, 11) is 1.71. The van der Waals surface area contributed by atoms with Crippen LogP contribution in [0.25, 0.3) is 0 Å². The molecule has 0 saturated carbocycles. The number of nitrogens with one attached hydrogen (secondary N) is 1. The fraction of sp³-hybridized carbons (Fsp3) is 0.316. The van der Waals surface area contributed by atoms with E-state index in [4.69, 9.17) is 0 Å². The minimum Gasteiger partial charge on any atom is -0.435 e. The number of carbonyl (C=O) groups is 1. The second kappa shape index (κ2) is 9.23. The van der Waals surface area contributed by atoms with Crippen molar-refractivity contribution in [1.82, 2.24) is 4.90 Å². The van der Waals surface area contributed by atoms with Gasteiger partial charge in [-0.2, -0.15) is 8.78 Å². The lowest BCUT2D eigenvalue weighted by molar-refractivity contribution is -0.384. The zero-order valence-electron chi connectivity index (χ0n) is 15.7. The molecule has 0 aliphatic carbocycles. The predicted octanol–water partition coefficient (Wildman–Crippen LogP) is 3.88. The Balaban J connectivity index is 1.98. The maximum atomic E-state index is 12.3. The molecule has 9 heteroatoms. The minimum absolute atomic E-state index is 0.000631. The van der Waals surface area contributed by atoms with Gasteiger partial charge in [0.25, 0.3) is 5.69 Å². The molecule has 0 aromatic heterocycles. The van der Waals surface area contributed by atoms with Crippen molar-refractivity contribution in [3.8, 4) is 5.75 Å². The van der Waals surface area contributed by atoms with E-state index in [1.54, 1.807) is 37.1 Å². The van der Waals surface area contributed by atoms with Crippen molar-refractivity contribution in [2.75, 3.05) is 18.9 Å². The lowest BCUT2D eigenvalue weighted by atomic mass is 10.1. The van der Waals surface area contributed by atoms with E-state index in [1.165, 1.54) is 18.2 Å². The summed E-state index contributed by atoms with van der Waals surface area (Å²) in [6, 6.07) is 9.10. The van der Waals surface area contributed by atoms with Crippen LogP contribution in [0.1, 0.15) is 16.7 Å². The van der Waals surface area contributed by atoms with Crippen molar-refractivity contribution >= 4 is 17.3 Å². The highest BCUT2D eigenvalue weighted by molar-refractivity contribution is 5.94. The number of aryl methyl sites for hydroxylation is 2. The SMILES string of the molecule is Cc1cc(NC(=O)CN(C)Cc2ccc(OC(F)F)cc2)c([N+](=O)[O-])cc1C. The summed E-state index contributed by atoms with van der Waals surface area (Å²) in [5.41, 5.74) is 2.39. The van der Waals surface area contributed by atoms with Gasteiger partial charge in [0, 0.05) is 12.6 Å². The molecule has 0 atom stereocenters. The number of rotatable bonds is 8. The Morgan fingerprint density at radius 1 is 1.21 bits per heavy atom. The first-order valence-corrected chi connectivity index (χ1v) is 8.43. The van der Waals surface area contributed by atoms with Crippen molar-refractivity contribution < 1.29 is 23.2 Å². The van der Waals surface area contributed by atoms with Crippen LogP contribution in [0, 0.1) is 24.0 Å². The van der Waals surface area contributed by atoms with Gasteiger partial charge in [0.1, 0.15) is 11.4 Å². The molecule has 0 spiro atoms. The monoisotopic (exact) mass is 393 g/mol. The third-order valence-corrected chi connectivity index (χ3v) is 4.10. The highest BCUT2D eigenvalue weighted by Crippen LogP contribution is 2.28. The number of amides is 1. The molecule has 2 aromatic rings. The number of halogens is 2. The third kappa shape index (κ3) is 5.98. The molecular formula is C19H21F2N3O4. The molecule has 2 rings (SSSR count). The van der Waals surface area contributed by atoms with Gasteiger partial charge in [-0.15, -0.1) is 0 Å². The number of carbonyl (C=O) groups excluding carboxylic acids is 1.